The molecule has 0 spiro atoms. The van der Waals surface area contributed by atoms with Gasteiger partial charge in [-0.15, -0.1) is 0 Å². The van der Waals surface area contributed by atoms with Crippen LogP contribution in [0, 0.1) is 17.2 Å². The van der Waals surface area contributed by atoms with Gasteiger partial charge in [0.1, 0.15) is 5.69 Å². The zero-order valence-corrected chi connectivity index (χ0v) is 11.5. The molecule has 5 nitrogen and oxygen atoms in total. The first-order valence-corrected chi connectivity index (χ1v) is 6.73. The number of nitrogens with zero attached hydrogens (tertiary/aromatic N) is 3. The second-order valence-corrected chi connectivity index (χ2v) is 5.17. The van der Waals surface area contributed by atoms with Gasteiger partial charge in [0.2, 0.25) is 0 Å². The molecule has 2 N–H and O–H groups in total. The van der Waals surface area contributed by atoms with Crippen molar-refractivity contribution < 1.29 is 4.79 Å². The molecular weight excluding hydrogens is 240 g/mol. The highest BCUT2D eigenvalue weighted by molar-refractivity contribution is 5.94. The van der Waals surface area contributed by atoms with Crippen molar-refractivity contribution in [3.63, 3.8) is 0 Å². The molecule has 1 aromatic heterocycles. The Kier molecular flexibility index (Phi) is 3.79. The van der Waals surface area contributed by atoms with Crippen LogP contribution in [0.25, 0.3) is 0 Å². The first kappa shape index (κ1) is 13.5. The van der Waals surface area contributed by atoms with Gasteiger partial charge in [-0.2, -0.15) is 5.26 Å². The van der Waals surface area contributed by atoms with Gasteiger partial charge < -0.3 is 15.2 Å². The predicted molar refractivity (Wildman–Crippen MR) is 73.5 cm³/mol. The number of hydrogen-bond donors (Lipinski definition) is 1. The molecule has 1 aliphatic rings. The Labute approximate surface area is 113 Å². The lowest BCUT2D eigenvalue weighted by atomic mass is 10.2. The summed E-state index contributed by atoms with van der Waals surface area (Å²) in [6.07, 6.45) is 4.05. The van der Waals surface area contributed by atoms with E-state index in [4.69, 9.17) is 11.0 Å². The molecular formula is C14H20N4O. The summed E-state index contributed by atoms with van der Waals surface area (Å²) in [4.78, 5) is 14.2. The molecule has 1 saturated carbocycles. The highest BCUT2D eigenvalue weighted by Gasteiger charge is 2.29. The molecule has 0 saturated heterocycles. The van der Waals surface area contributed by atoms with Crippen molar-refractivity contribution in [3.8, 4) is 6.07 Å². The lowest BCUT2D eigenvalue weighted by Gasteiger charge is -2.22. The van der Waals surface area contributed by atoms with Gasteiger partial charge in [-0.1, -0.05) is 0 Å². The molecule has 5 heteroatoms. The van der Waals surface area contributed by atoms with Crippen molar-refractivity contribution in [2.24, 2.45) is 5.92 Å². The average molecular weight is 260 g/mol. The number of nitrogens with two attached hydrogens (primary N) is 1. The van der Waals surface area contributed by atoms with E-state index in [2.05, 4.69) is 6.07 Å². The number of amides is 1. The molecule has 0 aromatic carbocycles. The van der Waals surface area contributed by atoms with E-state index >= 15 is 0 Å². The van der Waals surface area contributed by atoms with E-state index < -0.39 is 0 Å². The van der Waals surface area contributed by atoms with Crippen LogP contribution in [0.15, 0.2) is 12.3 Å². The largest absolute Gasteiger partial charge is 0.397 e. The number of carbonyl (C=O) groups is 1. The van der Waals surface area contributed by atoms with Gasteiger partial charge in [0, 0.05) is 25.3 Å². The van der Waals surface area contributed by atoms with Crippen LogP contribution in [0.3, 0.4) is 0 Å². The second kappa shape index (κ2) is 5.35. The summed E-state index contributed by atoms with van der Waals surface area (Å²) in [6.45, 7) is 4.81. The maximum atomic E-state index is 12.5. The van der Waals surface area contributed by atoms with Crippen molar-refractivity contribution in [3.05, 3.63) is 18.0 Å². The summed E-state index contributed by atoms with van der Waals surface area (Å²) in [5.41, 5.74) is 7.08. The molecule has 1 atom stereocenters. The van der Waals surface area contributed by atoms with Crippen molar-refractivity contribution in [2.75, 3.05) is 18.8 Å². The molecule has 19 heavy (non-hydrogen) atoms. The van der Waals surface area contributed by atoms with Crippen LogP contribution < -0.4 is 5.73 Å². The molecule has 1 heterocycles. The number of rotatable bonds is 5. The number of nitriles is 1. The second-order valence-electron chi connectivity index (χ2n) is 5.17. The molecule has 1 aromatic rings. The van der Waals surface area contributed by atoms with E-state index in [0.29, 0.717) is 30.5 Å². The van der Waals surface area contributed by atoms with E-state index in [0.717, 1.165) is 12.8 Å². The molecule has 102 valence electrons. The normalized spacial score (nSPS) is 15.8. The zero-order chi connectivity index (χ0) is 14.0. The Bertz CT molecular complexity index is 510. The van der Waals surface area contributed by atoms with Crippen LogP contribution in [0.2, 0.25) is 0 Å². The summed E-state index contributed by atoms with van der Waals surface area (Å²) in [7, 11) is 0. The van der Waals surface area contributed by atoms with Crippen LogP contribution in [0.1, 0.15) is 43.2 Å². The number of nitrogen functional groups attached to an aromatic ring is 1. The number of carbonyl (C=O) groups excluding carboxylic acids is 1. The highest BCUT2D eigenvalue weighted by atomic mass is 16.2. The molecule has 1 unspecified atom stereocenters. The third-order valence-corrected chi connectivity index (χ3v) is 3.41. The fraction of sp³-hybridized carbons (Fsp3) is 0.571. The summed E-state index contributed by atoms with van der Waals surface area (Å²) in [6, 6.07) is 4.32. The first-order valence-electron chi connectivity index (χ1n) is 6.73. The van der Waals surface area contributed by atoms with Gasteiger partial charge in [-0.3, -0.25) is 4.79 Å². The maximum Gasteiger partial charge on any atom is 0.270 e. The van der Waals surface area contributed by atoms with E-state index in [1.54, 1.807) is 11.0 Å². The highest BCUT2D eigenvalue weighted by Crippen LogP contribution is 2.37. The van der Waals surface area contributed by atoms with Gasteiger partial charge in [0.15, 0.2) is 0 Å². The molecule has 1 amide bonds. The standard InChI is InChI=1S/C14H20N4O/c1-3-17(8-10(2)7-15)14(19)13-6-11(16)9-18(13)12-4-5-12/h6,9-10,12H,3-5,8,16H2,1-2H3. The minimum Gasteiger partial charge on any atom is -0.397 e. The van der Waals surface area contributed by atoms with Crippen molar-refractivity contribution in [1.29, 1.82) is 5.26 Å². The molecule has 2 rings (SSSR count). The lowest BCUT2D eigenvalue weighted by molar-refractivity contribution is 0.0741. The summed E-state index contributed by atoms with van der Waals surface area (Å²) in [5, 5.41) is 8.88. The summed E-state index contributed by atoms with van der Waals surface area (Å²) in [5.74, 6) is -0.196. The molecule has 1 aliphatic carbocycles. The van der Waals surface area contributed by atoms with Gasteiger partial charge in [-0.05, 0) is 32.8 Å². The van der Waals surface area contributed by atoms with Crippen LogP contribution in [-0.2, 0) is 0 Å². The monoisotopic (exact) mass is 260 g/mol. The molecule has 0 bridgehead atoms. The topological polar surface area (TPSA) is 75.1 Å². The molecule has 0 radical (unpaired) electrons. The van der Waals surface area contributed by atoms with E-state index in [1.807, 2.05) is 24.6 Å². The summed E-state index contributed by atoms with van der Waals surface area (Å²) >= 11 is 0. The smallest absolute Gasteiger partial charge is 0.270 e. The fourth-order valence-corrected chi connectivity index (χ4v) is 2.22. The molecule has 1 fully saturated rings. The summed E-state index contributed by atoms with van der Waals surface area (Å²) < 4.78 is 1.98. The Morgan fingerprint density at radius 2 is 2.37 bits per heavy atom. The lowest BCUT2D eigenvalue weighted by Crippen LogP contribution is -2.35. The van der Waals surface area contributed by atoms with Crippen LogP contribution in [0.5, 0.6) is 0 Å². The first-order chi connectivity index (χ1) is 9.06. The minimum atomic E-state index is -0.161. The number of aromatic nitrogens is 1. The minimum absolute atomic E-state index is 0.0341. The van der Waals surface area contributed by atoms with Crippen molar-refractivity contribution >= 4 is 11.6 Å². The number of hydrogen-bond acceptors (Lipinski definition) is 3. The van der Waals surface area contributed by atoms with Crippen LogP contribution in [0.4, 0.5) is 5.69 Å². The van der Waals surface area contributed by atoms with Gasteiger partial charge >= 0.3 is 0 Å². The maximum absolute atomic E-state index is 12.5. The van der Waals surface area contributed by atoms with Gasteiger partial charge in [0.05, 0.1) is 17.7 Å². The SMILES string of the molecule is CCN(CC(C)C#N)C(=O)c1cc(N)cn1C1CC1. The fourth-order valence-electron chi connectivity index (χ4n) is 2.22. The Morgan fingerprint density at radius 1 is 1.68 bits per heavy atom. The third kappa shape index (κ3) is 2.90. The van der Waals surface area contributed by atoms with Crippen molar-refractivity contribution in [1.82, 2.24) is 9.47 Å². The zero-order valence-electron chi connectivity index (χ0n) is 11.5. The Morgan fingerprint density at radius 3 is 2.89 bits per heavy atom. The van der Waals surface area contributed by atoms with Gasteiger partial charge in [0.25, 0.3) is 5.91 Å². The van der Waals surface area contributed by atoms with Crippen LogP contribution in [-0.4, -0.2) is 28.5 Å². The van der Waals surface area contributed by atoms with E-state index in [-0.39, 0.29) is 11.8 Å². The average Bonchev–Trinajstić information content (AvgIpc) is 3.17. The Balaban J connectivity index is 2.20. The Hall–Kier alpha value is -1.96. The van der Waals surface area contributed by atoms with Crippen molar-refractivity contribution in [2.45, 2.75) is 32.7 Å². The quantitative estimate of drug-likeness (QED) is 0.880. The van der Waals surface area contributed by atoms with E-state index in [1.165, 1.54) is 0 Å². The molecule has 0 aliphatic heterocycles. The predicted octanol–water partition coefficient (Wildman–Crippen LogP) is 2.03. The third-order valence-electron chi connectivity index (χ3n) is 3.41. The van der Waals surface area contributed by atoms with Crippen LogP contribution >= 0.6 is 0 Å². The van der Waals surface area contributed by atoms with E-state index in [9.17, 15) is 4.79 Å². The van der Waals surface area contributed by atoms with Gasteiger partial charge in [-0.25, -0.2) is 0 Å². The number of anilines is 1.